The van der Waals surface area contributed by atoms with Crippen molar-refractivity contribution in [2.24, 2.45) is 7.05 Å². The number of rotatable bonds is 4. The van der Waals surface area contributed by atoms with E-state index in [9.17, 15) is 4.79 Å². The van der Waals surface area contributed by atoms with Crippen LogP contribution in [0.1, 0.15) is 22.3 Å². The van der Waals surface area contributed by atoms with Gasteiger partial charge in [0, 0.05) is 26.1 Å². The summed E-state index contributed by atoms with van der Waals surface area (Å²) in [6.07, 6.45) is 4.59. The van der Waals surface area contributed by atoms with Gasteiger partial charge in [-0.05, 0) is 25.0 Å². The van der Waals surface area contributed by atoms with Gasteiger partial charge in [0.2, 0.25) is 0 Å². The fraction of sp³-hybridized carbons (Fsp3) is 0.333. The summed E-state index contributed by atoms with van der Waals surface area (Å²) in [4.78, 5) is 12.0. The van der Waals surface area contributed by atoms with Crippen molar-refractivity contribution in [3.8, 4) is 0 Å². The second kappa shape index (κ2) is 5.17. The Balaban J connectivity index is 2.02. The number of aryl methyl sites for hydroxylation is 3. The summed E-state index contributed by atoms with van der Waals surface area (Å²) < 4.78 is 1.72. The molecule has 0 radical (unpaired) electrons. The molecular weight excluding hydrogens is 224 g/mol. The Morgan fingerprint density at radius 1 is 1.11 bits per heavy atom. The Bertz CT molecular complexity index is 549. The number of Topliss-reactive ketones (excluding diaryl/α,β-unsaturated/α-hetero) is 1. The first-order valence-corrected chi connectivity index (χ1v) is 6.09. The van der Waals surface area contributed by atoms with Crippen LogP contribution in [0.3, 0.4) is 0 Å². The Morgan fingerprint density at radius 3 is 2.28 bits per heavy atom. The quantitative estimate of drug-likeness (QED) is 0.825. The van der Waals surface area contributed by atoms with E-state index < -0.39 is 0 Å². The molecule has 0 spiro atoms. The average Bonchev–Trinajstić information content (AvgIpc) is 2.61. The summed E-state index contributed by atoms with van der Waals surface area (Å²) in [6.45, 7) is 4.12. The van der Waals surface area contributed by atoms with E-state index in [1.165, 1.54) is 11.1 Å². The third kappa shape index (κ3) is 3.29. The van der Waals surface area contributed by atoms with Gasteiger partial charge in [-0.25, -0.2) is 0 Å². The lowest BCUT2D eigenvalue weighted by Gasteiger charge is -2.04. The van der Waals surface area contributed by atoms with Crippen LogP contribution in [0.5, 0.6) is 0 Å². The van der Waals surface area contributed by atoms with Crippen molar-refractivity contribution >= 4 is 5.78 Å². The van der Waals surface area contributed by atoms with Gasteiger partial charge in [-0.1, -0.05) is 29.3 Å². The first-order chi connectivity index (χ1) is 8.52. The molecule has 2 rings (SSSR count). The van der Waals surface area contributed by atoms with Crippen LogP contribution < -0.4 is 0 Å². The summed E-state index contributed by atoms with van der Waals surface area (Å²) in [5, 5.41) is 4.07. The molecule has 0 saturated carbocycles. The summed E-state index contributed by atoms with van der Waals surface area (Å²) >= 11 is 0. The van der Waals surface area contributed by atoms with Gasteiger partial charge in [-0.2, -0.15) is 5.10 Å². The predicted molar refractivity (Wildman–Crippen MR) is 71.5 cm³/mol. The molecule has 0 aliphatic rings. The lowest BCUT2D eigenvalue weighted by molar-refractivity contribution is -0.117. The van der Waals surface area contributed by atoms with Gasteiger partial charge in [-0.3, -0.25) is 9.48 Å². The first kappa shape index (κ1) is 12.6. The zero-order chi connectivity index (χ0) is 13.1. The van der Waals surface area contributed by atoms with Gasteiger partial charge < -0.3 is 0 Å². The van der Waals surface area contributed by atoms with Gasteiger partial charge in [0.05, 0.1) is 6.20 Å². The highest BCUT2D eigenvalue weighted by molar-refractivity contribution is 5.83. The zero-order valence-electron chi connectivity index (χ0n) is 11.1. The molecule has 0 saturated heterocycles. The zero-order valence-corrected chi connectivity index (χ0v) is 11.1. The third-order valence-corrected chi connectivity index (χ3v) is 2.84. The Morgan fingerprint density at radius 2 is 1.72 bits per heavy atom. The van der Waals surface area contributed by atoms with E-state index in [-0.39, 0.29) is 5.78 Å². The van der Waals surface area contributed by atoms with E-state index >= 15 is 0 Å². The molecule has 0 atom stereocenters. The molecule has 1 aromatic heterocycles. The van der Waals surface area contributed by atoms with E-state index in [4.69, 9.17) is 0 Å². The Labute approximate surface area is 107 Å². The lowest BCUT2D eigenvalue weighted by Crippen LogP contribution is -2.06. The fourth-order valence-electron chi connectivity index (χ4n) is 2.25. The average molecular weight is 242 g/mol. The van der Waals surface area contributed by atoms with Crippen LogP contribution in [0.2, 0.25) is 0 Å². The summed E-state index contributed by atoms with van der Waals surface area (Å²) in [5.41, 5.74) is 4.49. The normalized spacial score (nSPS) is 10.6. The van der Waals surface area contributed by atoms with E-state index in [1.807, 2.05) is 13.2 Å². The highest BCUT2D eigenvalue weighted by Crippen LogP contribution is 2.11. The molecule has 0 fully saturated rings. The molecule has 1 heterocycles. The molecule has 3 nitrogen and oxygen atoms in total. The third-order valence-electron chi connectivity index (χ3n) is 2.84. The molecule has 0 aliphatic carbocycles. The van der Waals surface area contributed by atoms with Crippen LogP contribution in [0.15, 0.2) is 30.6 Å². The Kier molecular flexibility index (Phi) is 3.60. The molecule has 0 unspecified atom stereocenters. The van der Waals surface area contributed by atoms with Crippen LogP contribution >= 0.6 is 0 Å². The van der Waals surface area contributed by atoms with Gasteiger partial charge >= 0.3 is 0 Å². The predicted octanol–water partition coefficient (Wildman–Crippen LogP) is 2.39. The van der Waals surface area contributed by atoms with E-state index in [2.05, 4.69) is 37.1 Å². The molecule has 1 aromatic carbocycles. The minimum absolute atomic E-state index is 0.230. The van der Waals surface area contributed by atoms with Crippen molar-refractivity contribution in [2.45, 2.75) is 26.7 Å². The molecule has 0 amide bonds. The minimum atomic E-state index is 0.230. The van der Waals surface area contributed by atoms with Crippen molar-refractivity contribution in [2.75, 3.05) is 0 Å². The Hall–Kier alpha value is -1.90. The maximum Gasteiger partial charge on any atom is 0.141 e. The second-order valence-corrected chi connectivity index (χ2v) is 4.91. The van der Waals surface area contributed by atoms with Gasteiger partial charge in [0.1, 0.15) is 5.78 Å². The standard InChI is InChI=1S/C15H18N2O/c1-11-4-12(2)6-13(5-11)7-15(18)8-14-9-16-17(3)10-14/h4-6,9-10H,7-8H2,1-3H3. The van der Waals surface area contributed by atoms with Crippen molar-refractivity contribution in [3.05, 3.63) is 52.8 Å². The number of aromatic nitrogens is 2. The summed E-state index contributed by atoms with van der Waals surface area (Å²) in [5.74, 6) is 0.230. The number of carbonyl (C=O) groups is 1. The number of nitrogens with zero attached hydrogens (tertiary/aromatic N) is 2. The lowest BCUT2D eigenvalue weighted by atomic mass is 10.0. The maximum absolute atomic E-state index is 12.0. The second-order valence-electron chi connectivity index (χ2n) is 4.91. The molecule has 0 N–H and O–H groups in total. The first-order valence-electron chi connectivity index (χ1n) is 6.09. The number of benzene rings is 1. The van der Waals surface area contributed by atoms with Crippen LogP contribution in [0.4, 0.5) is 0 Å². The van der Waals surface area contributed by atoms with Crippen molar-refractivity contribution in [1.82, 2.24) is 9.78 Å². The fourth-order valence-corrected chi connectivity index (χ4v) is 2.25. The maximum atomic E-state index is 12.0. The number of hydrogen-bond donors (Lipinski definition) is 0. The number of carbonyl (C=O) groups excluding carboxylic acids is 1. The SMILES string of the molecule is Cc1cc(C)cc(CC(=O)Cc2cnn(C)c2)c1. The molecule has 3 heteroatoms. The summed E-state index contributed by atoms with van der Waals surface area (Å²) in [6, 6.07) is 6.28. The van der Waals surface area contributed by atoms with Gasteiger partial charge in [0.25, 0.3) is 0 Å². The van der Waals surface area contributed by atoms with Crippen LogP contribution in [0, 0.1) is 13.8 Å². The molecule has 2 aromatic rings. The van der Waals surface area contributed by atoms with Crippen molar-refractivity contribution in [1.29, 1.82) is 0 Å². The topological polar surface area (TPSA) is 34.9 Å². The largest absolute Gasteiger partial charge is 0.299 e. The molecule has 0 aliphatic heterocycles. The van der Waals surface area contributed by atoms with E-state index in [1.54, 1.807) is 10.9 Å². The molecular formula is C15H18N2O. The molecule has 94 valence electrons. The smallest absolute Gasteiger partial charge is 0.141 e. The summed E-state index contributed by atoms with van der Waals surface area (Å²) in [7, 11) is 1.86. The molecule has 18 heavy (non-hydrogen) atoms. The van der Waals surface area contributed by atoms with Crippen molar-refractivity contribution in [3.63, 3.8) is 0 Å². The highest BCUT2D eigenvalue weighted by Gasteiger charge is 2.07. The highest BCUT2D eigenvalue weighted by atomic mass is 16.1. The molecule has 0 bridgehead atoms. The van der Waals surface area contributed by atoms with E-state index in [0.717, 1.165) is 11.1 Å². The minimum Gasteiger partial charge on any atom is -0.299 e. The van der Waals surface area contributed by atoms with E-state index in [0.29, 0.717) is 12.8 Å². The van der Waals surface area contributed by atoms with Gasteiger partial charge in [0.15, 0.2) is 0 Å². The monoisotopic (exact) mass is 242 g/mol. The number of ketones is 1. The number of hydrogen-bond acceptors (Lipinski definition) is 2. The van der Waals surface area contributed by atoms with Crippen LogP contribution in [-0.2, 0) is 24.7 Å². The van der Waals surface area contributed by atoms with Crippen molar-refractivity contribution < 1.29 is 4.79 Å². The van der Waals surface area contributed by atoms with Crippen LogP contribution in [-0.4, -0.2) is 15.6 Å². The van der Waals surface area contributed by atoms with Crippen LogP contribution in [0.25, 0.3) is 0 Å². The van der Waals surface area contributed by atoms with Gasteiger partial charge in [-0.15, -0.1) is 0 Å².